The molecule has 1 atom stereocenters. The molecule has 3 N–H and O–H groups in total. The lowest BCUT2D eigenvalue weighted by molar-refractivity contribution is -0.154. The highest BCUT2D eigenvalue weighted by Gasteiger charge is 2.32. The van der Waals surface area contributed by atoms with Crippen LogP contribution in [0.5, 0.6) is 0 Å². The number of hydrogen-bond acceptors (Lipinski definition) is 5. The second-order valence-corrected chi connectivity index (χ2v) is 6.18. The fourth-order valence-corrected chi connectivity index (χ4v) is 1.22. The smallest absolute Gasteiger partial charge is 0.308 e. The van der Waals surface area contributed by atoms with Crippen LogP contribution in [0.25, 0.3) is 0 Å². The third-order valence-electron chi connectivity index (χ3n) is 2.44. The molecule has 6 nitrogen and oxygen atoms in total. The van der Waals surface area contributed by atoms with Crippen molar-refractivity contribution in [1.82, 2.24) is 5.32 Å². The van der Waals surface area contributed by atoms with Crippen molar-refractivity contribution in [2.24, 2.45) is 5.41 Å². The minimum atomic E-state index is -1.32. The molecule has 0 fully saturated rings. The van der Waals surface area contributed by atoms with Gasteiger partial charge in [-0.15, -0.1) is 0 Å². The van der Waals surface area contributed by atoms with Crippen molar-refractivity contribution >= 4 is 11.9 Å². The van der Waals surface area contributed by atoms with Crippen LogP contribution >= 0.6 is 0 Å². The summed E-state index contributed by atoms with van der Waals surface area (Å²) in [5.74, 6) is -1.02. The molecule has 0 aromatic carbocycles. The van der Waals surface area contributed by atoms with E-state index in [0.29, 0.717) is 0 Å². The van der Waals surface area contributed by atoms with Gasteiger partial charge in [-0.25, -0.2) is 0 Å². The highest BCUT2D eigenvalue weighted by atomic mass is 16.6. The first kappa shape index (κ1) is 17.9. The molecule has 0 aromatic rings. The minimum Gasteiger partial charge on any atom is -0.460 e. The van der Waals surface area contributed by atoms with Crippen molar-refractivity contribution in [3.8, 4) is 0 Å². The van der Waals surface area contributed by atoms with E-state index in [1.54, 1.807) is 34.6 Å². The first-order valence-electron chi connectivity index (χ1n) is 6.28. The molecule has 0 rings (SSSR count). The summed E-state index contributed by atoms with van der Waals surface area (Å²) in [4.78, 5) is 23.0. The summed E-state index contributed by atoms with van der Waals surface area (Å²) in [5, 5.41) is 21.2. The second-order valence-electron chi connectivity index (χ2n) is 6.18. The van der Waals surface area contributed by atoms with Crippen molar-refractivity contribution in [2.45, 2.75) is 52.7 Å². The number of nitrogens with one attached hydrogen (secondary N) is 1. The Hall–Kier alpha value is -1.14. The normalized spacial score (nSPS) is 13.8. The molecular formula is C13H25NO5. The quantitative estimate of drug-likeness (QED) is 0.602. The molecule has 19 heavy (non-hydrogen) atoms. The van der Waals surface area contributed by atoms with Crippen LogP contribution in [0.4, 0.5) is 0 Å². The van der Waals surface area contributed by atoms with Crippen LogP contribution < -0.4 is 5.32 Å². The first-order chi connectivity index (χ1) is 8.49. The van der Waals surface area contributed by atoms with Gasteiger partial charge in [0, 0.05) is 12.0 Å². The third kappa shape index (κ3) is 7.12. The molecule has 6 heteroatoms. The molecule has 0 aliphatic rings. The van der Waals surface area contributed by atoms with Gasteiger partial charge in [-0.05, 0) is 20.8 Å². The summed E-state index contributed by atoms with van der Waals surface area (Å²) < 4.78 is 5.08. The maximum Gasteiger partial charge on any atom is 0.308 e. The van der Waals surface area contributed by atoms with Crippen LogP contribution in [0.15, 0.2) is 0 Å². The average molecular weight is 275 g/mol. The summed E-state index contributed by atoms with van der Waals surface area (Å²) in [6, 6.07) is 0. The molecule has 0 bridgehead atoms. The van der Waals surface area contributed by atoms with Gasteiger partial charge in [0.2, 0.25) is 5.91 Å². The zero-order chi connectivity index (χ0) is 15.3. The SMILES string of the molecule is CC(C)(C)OC(=O)CCNC(=O)C(O)C(C)(C)CO. The number of carbonyl (C=O) groups excluding carboxylic acids is 2. The van der Waals surface area contributed by atoms with E-state index < -0.39 is 29.0 Å². The van der Waals surface area contributed by atoms with Gasteiger partial charge in [0.05, 0.1) is 13.0 Å². The zero-order valence-electron chi connectivity index (χ0n) is 12.3. The van der Waals surface area contributed by atoms with Gasteiger partial charge in [0.1, 0.15) is 11.7 Å². The van der Waals surface area contributed by atoms with Crippen LogP contribution in [-0.2, 0) is 14.3 Å². The maximum absolute atomic E-state index is 11.6. The second kappa shape index (κ2) is 6.86. The van der Waals surface area contributed by atoms with Crippen molar-refractivity contribution in [3.05, 3.63) is 0 Å². The number of esters is 1. The fraction of sp³-hybridized carbons (Fsp3) is 0.846. The Bertz CT molecular complexity index is 319. The molecule has 0 saturated carbocycles. The van der Waals surface area contributed by atoms with Gasteiger partial charge in [0.15, 0.2) is 0 Å². The topological polar surface area (TPSA) is 95.9 Å². The Kier molecular flexibility index (Phi) is 6.45. The van der Waals surface area contributed by atoms with Crippen LogP contribution in [0.2, 0.25) is 0 Å². The fourth-order valence-electron chi connectivity index (χ4n) is 1.22. The first-order valence-corrected chi connectivity index (χ1v) is 6.28. The molecule has 0 aliphatic heterocycles. The van der Waals surface area contributed by atoms with E-state index in [-0.39, 0.29) is 19.6 Å². The van der Waals surface area contributed by atoms with Gasteiger partial charge in [-0.2, -0.15) is 0 Å². The van der Waals surface area contributed by atoms with E-state index in [9.17, 15) is 14.7 Å². The summed E-state index contributed by atoms with van der Waals surface area (Å²) in [7, 11) is 0. The van der Waals surface area contributed by atoms with E-state index in [1.165, 1.54) is 0 Å². The summed E-state index contributed by atoms with van der Waals surface area (Å²) >= 11 is 0. The van der Waals surface area contributed by atoms with Crippen molar-refractivity contribution in [2.75, 3.05) is 13.2 Å². The lowest BCUT2D eigenvalue weighted by atomic mass is 9.87. The predicted molar refractivity (Wildman–Crippen MR) is 70.3 cm³/mol. The largest absolute Gasteiger partial charge is 0.460 e. The molecule has 112 valence electrons. The lowest BCUT2D eigenvalue weighted by Gasteiger charge is -2.27. The van der Waals surface area contributed by atoms with Gasteiger partial charge >= 0.3 is 5.97 Å². The minimum absolute atomic E-state index is 0.0370. The van der Waals surface area contributed by atoms with Crippen LogP contribution in [0, 0.1) is 5.41 Å². The molecule has 0 saturated heterocycles. The molecule has 0 aliphatic carbocycles. The van der Waals surface area contributed by atoms with Gasteiger partial charge < -0.3 is 20.3 Å². The monoisotopic (exact) mass is 275 g/mol. The summed E-state index contributed by atoms with van der Waals surface area (Å²) in [6.45, 7) is 8.21. The Morgan fingerprint density at radius 3 is 2.16 bits per heavy atom. The number of aliphatic hydroxyl groups excluding tert-OH is 2. The number of amides is 1. The number of hydrogen-bond donors (Lipinski definition) is 3. The summed E-state index contributed by atoms with van der Waals surface area (Å²) in [6.07, 6.45) is -1.29. The zero-order valence-corrected chi connectivity index (χ0v) is 12.3. The van der Waals surface area contributed by atoms with Gasteiger partial charge in [-0.1, -0.05) is 13.8 Å². The number of ether oxygens (including phenoxy) is 1. The molecular weight excluding hydrogens is 250 g/mol. The highest BCUT2D eigenvalue weighted by molar-refractivity contribution is 5.81. The van der Waals surface area contributed by atoms with E-state index >= 15 is 0 Å². The number of carbonyl (C=O) groups is 2. The number of aliphatic hydroxyl groups is 2. The molecule has 1 amide bonds. The lowest BCUT2D eigenvalue weighted by Crippen LogP contribution is -2.46. The molecule has 0 heterocycles. The van der Waals surface area contributed by atoms with E-state index in [2.05, 4.69) is 5.32 Å². The molecule has 0 radical (unpaired) electrons. The van der Waals surface area contributed by atoms with Crippen LogP contribution in [0.3, 0.4) is 0 Å². The highest BCUT2D eigenvalue weighted by Crippen LogP contribution is 2.19. The van der Waals surface area contributed by atoms with Crippen LogP contribution in [0.1, 0.15) is 41.0 Å². The van der Waals surface area contributed by atoms with Crippen molar-refractivity contribution in [1.29, 1.82) is 0 Å². The van der Waals surface area contributed by atoms with Crippen LogP contribution in [-0.4, -0.2) is 46.9 Å². The van der Waals surface area contributed by atoms with Crippen molar-refractivity contribution in [3.63, 3.8) is 0 Å². The van der Waals surface area contributed by atoms with Gasteiger partial charge in [-0.3, -0.25) is 9.59 Å². The Morgan fingerprint density at radius 1 is 1.21 bits per heavy atom. The van der Waals surface area contributed by atoms with Gasteiger partial charge in [0.25, 0.3) is 0 Å². The van der Waals surface area contributed by atoms with E-state index in [1.807, 2.05) is 0 Å². The average Bonchev–Trinajstić information content (AvgIpc) is 2.25. The standard InChI is InChI=1S/C13H25NO5/c1-12(2,3)19-9(16)6-7-14-11(18)10(17)13(4,5)8-15/h10,15,17H,6-8H2,1-5H3,(H,14,18). The Balaban J connectivity index is 4.09. The molecule has 1 unspecified atom stereocenters. The predicted octanol–water partition coefficient (Wildman–Crippen LogP) is 0.214. The maximum atomic E-state index is 11.6. The van der Waals surface area contributed by atoms with Crippen molar-refractivity contribution < 1.29 is 24.5 Å². The molecule has 0 aromatic heterocycles. The Labute approximate surface area is 114 Å². The van der Waals surface area contributed by atoms with E-state index in [0.717, 1.165) is 0 Å². The Morgan fingerprint density at radius 2 is 1.74 bits per heavy atom. The molecule has 0 spiro atoms. The van der Waals surface area contributed by atoms with E-state index in [4.69, 9.17) is 9.84 Å². The number of rotatable bonds is 6. The summed E-state index contributed by atoms with van der Waals surface area (Å²) in [5.41, 5.74) is -1.48. The third-order valence-corrected chi connectivity index (χ3v) is 2.44.